The summed E-state index contributed by atoms with van der Waals surface area (Å²) in [4.78, 5) is 30.6. The van der Waals surface area contributed by atoms with Gasteiger partial charge in [0.1, 0.15) is 17.6 Å². The first-order valence-corrected chi connectivity index (χ1v) is 13.4. The lowest BCUT2D eigenvalue weighted by molar-refractivity contribution is -0.118. The number of thiocarbonyl (C=S) groups is 1. The van der Waals surface area contributed by atoms with Gasteiger partial charge in [-0.25, -0.2) is 4.79 Å². The summed E-state index contributed by atoms with van der Waals surface area (Å²) in [6, 6.07) is 21.2. The molecule has 2 N–H and O–H groups in total. The smallest absolute Gasteiger partial charge is 0.337 e. The summed E-state index contributed by atoms with van der Waals surface area (Å²) in [6.07, 6.45) is 1.74. The second-order valence-electron chi connectivity index (χ2n) is 9.58. The van der Waals surface area contributed by atoms with Crippen LogP contribution >= 0.6 is 23.8 Å². The Hall–Kier alpha value is -4.21. The molecule has 10 heteroatoms. The van der Waals surface area contributed by atoms with Gasteiger partial charge in [-0.1, -0.05) is 43.6 Å². The third-order valence-electron chi connectivity index (χ3n) is 6.62. The fourth-order valence-electron chi connectivity index (χ4n) is 4.51. The Balaban J connectivity index is 1.52. The number of nitrogens with one attached hydrogen (secondary N) is 2. The van der Waals surface area contributed by atoms with E-state index >= 15 is 0 Å². The molecule has 40 heavy (non-hydrogen) atoms. The Morgan fingerprint density at radius 3 is 2.52 bits per heavy atom. The molecule has 2 atom stereocenters. The van der Waals surface area contributed by atoms with Crippen molar-refractivity contribution < 1.29 is 18.7 Å². The molecule has 1 saturated heterocycles. The topological polar surface area (TPSA) is 96.7 Å². The minimum Gasteiger partial charge on any atom is -0.465 e. The van der Waals surface area contributed by atoms with Crippen LogP contribution in [0.5, 0.6) is 0 Å². The van der Waals surface area contributed by atoms with Crippen molar-refractivity contribution in [1.82, 2.24) is 10.3 Å². The summed E-state index contributed by atoms with van der Waals surface area (Å²) in [5.74, 6) is 0.583. The fourth-order valence-corrected chi connectivity index (χ4v) is 5.08. The second kappa shape index (κ2) is 11.5. The van der Waals surface area contributed by atoms with E-state index in [2.05, 4.69) is 15.6 Å². The van der Waals surface area contributed by atoms with Crippen LogP contribution in [-0.2, 0) is 9.53 Å². The van der Waals surface area contributed by atoms with Gasteiger partial charge in [0.2, 0.25) is 5.91 Å². The zero-order valence-corrected chi connectivity index (χ0v) is 23.6. The van der Waals surface area contributed by atoms with E-state index < -0.39 is 12.0 Å². The van der Waals surface area contributed by atoms with Crippen LogP contribution in [0.4, 0.5) is 11.4 Å². The third-order valence-corrected chi connectivity index (χ3v) is 7.25. The first-order chi connectivity index (χ1) is 19.3. The van der Waals surface area contributed by atoms with Crippen molar-refractivity contribution in [2.24, 2.45) is 5.92 Å². The molecular formula is C30H27ClN4O4S. The largest absolute Gasteiger partial charge is 0.465 e. The van der Waals surface area contributed by atoms with Crippen molar-refractivity contribution in [3.05, 3.63) is 101 Å². The molecule has 0 unspecified atom stereocenters. The SMILES string of the molecule is COC(=O)c1ccc(-c2ccc([C@H]3[C@@H](c4ccccn4)NC(=S)N3c3ccc(NC(=O)C(C)C)c(Cl)c3)o2)cc1. The number of ether oxygens (including phenoxy) is 1. The van der Waals surface area contributed by atoms with Gasteiger partial charge in [0.15, 0.2) is 5.11 Å². The van der Waals surface area contributed by atoms with E-state index in [0.29, 0.717) is 32.9 Å². The second-order valence-corrected chi connectivity index (χ2v) is 10.4. The average Bonchev–Trinajstić information content (AvgIpc) is 3.59. The number of carbonyl (C=O) groups is 2. The van der Waals surface area contributed by atoms with Crippen LogP contribution in [0.1, 0.15) is 47.7 Å². The Morgan fingerprint density at radius 1 is 1.10 bits per heavy atom. The predicted molar refractivity (Wildman–Crippen MR) is 158 cm³/mol. The number of aromatic nitrogens is 1. The van der Waals surface area contributed by atoms with Gasteiger partial charge in [0, 0.05) is 23.4 Å². The summed E-state index contributed by atoms with van der Waals surface area (Å²) in [5, 5.41) is 7.12. The maximum Gasteiger partial charge on any atom is 0.337 e. The minimum atomic E-state index is -0.403. The van der Waals surface area contributed by atoms with Crippen molar-refractivity contribution in [2.45, 2.75) is 25.9 Å². The monoisotopic (exact) mass is 574 g/mol. The standard InChI is InChI=1S/C30H27ClN4O4S/c1-17(2)28(36)33-22-12-11-20(16-21(22)31)35-27(26(34-30(35)40)23-6-4-5-15-32-23)25-14-13-24(39-25)18-7-9-19(10-8-18)29(37)38-3/h4-17,26-27H,1-3H3,(H,33,36)(H,34,40)/t26-,27+/m1/s1. The lowest BCUT2D eigenvalue weighted by Crippen LogP contribution is -2.29. The van der Waals surface area contributed by atoms with Crippen LogP contribution in [0.25, 0.3) is 11.3 Å². The van der Waals surface area contributed by atoms with Gasteiger partial charge < -0.3 is 24.7 Å². The molecule has 1 fully saturated rings. The number of halogens is 1. The number of hydrogen-bond donors (Lipinski definition) is 2. The molecule has 0 saturated carbocycles. The van der Waals surface area contributed by atoms with Crippen LogP contribution in [0.3, 0.4) is 0 Å². The zero-order valence-electron chi connectivity index (χ0n) is 22.1. The lowest BCUT2D eigenvalue weighted by atomic mass is 10.0. The Bertz CT molecular complexity index is 1560. The van der Waals surface area contributed by atoms with Crippen molar-refractivity contribution in [3.8, 4) is 11.3 Å². The van der Waals surface area contributed by atoms with Gasteiger partial charge in [-0.3, -0.25) is 9.78 Å². The maximum atomic E-state index is 12.2. The number of hydrogen-bond acceptors (Lipinski definition) is 6. The summed E-state index contributed by atoms with van der Waals surface area (Å²) >= 11 is 12.4. The predicted octanol–water partition coefficient (Wildman–Crippen LogP) is 6.55. The number of anilines is 2. The Labute approximate surface area is 242 Å². The Morgan fingerprint density at radius 2 is 1.88 bits per heavy atom. The minimum absolute atomic E-state index is 0.121. The van der Waals surface area contributed by atoms with E-state index in [0.717, 1.165) is 16.9 Å². The van der Waals surface area contributed by atoms with Gasteiger partial charge in [-0.2, -0.15) is 0 Å². The maximum absolute atomic E-state index is 12.2. The summed E-state index contributed by atoms with van der Waals surface area (Å²) in [5.41, 5.74) is 3.31. The van der Waals surface area contributed by atoms with E-state index in [9.17, 15) is 9.59 Å². The highest BCUT2D eigenvalue weighted by atomic mass is 35.5. The molecule has 1 aliphatic rings. The van der Waals surface area contributed by atoms with Gasteiger partial charge in [0.05, 0.1) is 35.1 Å². The van der Waals surface area contributed by atoms with Gasteiger partial charge in [0.25, 0.3) is 0 Å². The highest BCUT2D eigenvalue weighted by Crippen LogP contribution is 2.44. The molecule has 0 aliphatic carbocycles. The van der Waals surface area contributed by atoms with Crippen LogP contribution in [0, 0.1) is 5.92 Å². The molecular weight excluding hydrogens is 548 g/mol. The van der Waals surface area contributed by atoms with E-state index in [1.807, 2.05) is 67.3 Å². The summed E-state index contributed by atoms with van der Waals surface area (Å²) < 4.78 is 11.2. The molecule has 8 nitrogen and oxygen atoms in total. The van der Waals surface area contributed by atoms with Crippen LogP contribution < -0.4 is 15.5 Å². The number of methoxy groups -OCH3 is 1. The van der Waals surface area contributed by atoms with Gasteiger partial charge in [-0.15, -0.1) is 0 Å². The Kier molecular flexibility index (Phi) is 7.86. The molecule has 2 aromatic heterocycles. The number of pyridine rings is 1. The van der Waals surface area contributed by atoms with E-state index in [4.69, 9.17) is 33.0 Å². The van der Waals surface area contributed by atoms with Crippen LogP contribution in [0.2, 0.25) is 5.02 Å². The first kappa shape index (κ1) is 27.4. The molecule has 1 amide bonds. The first-order valence-electron chi connectivity index (χ1n) is 12.7. The molecule has 0 bridgehead atoms. The van der Waals surface area contributed by atoms with Crippen molar-refractivity contribution in [3.63, 3.8) is 0 Å². The number of benzene rings is 2. The third kappa shape index (κ3) is 5.43. The molecule has 2 aromatic carbocycles. The highest BCUT2D eigenvalue weighted by Gasteiger charge is 2.42. The van der Waals surface area contributed by atoms with Crippen molar-refractivity contribution in [1.29, 1.82) is 0 Å². The van der Waals surface area contributed by atoms with Crippen LogP contribution in [0.15, 0.2) is 83.4 Å². The average molecular weight is 575 g/mol. The van der Waals surface area contributed by atoms with E-state index in [1.54, 1.807) is 30.5 Å². The molecule has 3 heterocycles. The van der Waals surface area contributed by atoms with Gasteiger partial charge >= 0.3 is 5.97 Å². The van der Waals surface area contributed by atoms with E-state index in [-0.39, 0.29) is 17.9 Å². The fraction of sp³-hybridized carbons (Fsp3) is 0.200. The van der Waals surface area contributed by atoms with Gasteiger partial charge in [-0.05, 0) is 66.8 Å². The molecule has 4 aromatic rings. The summed E-state index contributed by atoms with van der Waals surface area (Å²) in [7, 11) is 1.35. The van der Waals surface area contributed by atoms with Crippen LogP contribution in [-0.4, -0.2) is 29.1 Å². The van der Waals surface area contributed by atoms with E-state index in [1.165, 1.54) is 7.11 Å². The number of esters is 1. The highest BCUT2D eigenvalue weighted by molar-refractivity contribution is 7.80. The quantitative estimate of drug-likeness (QED) is 0.189. The molecule has 5 rings (SSSR count). The molecule has 204 valence electrons. The number of carbonyl (C=O) groups excluding carboxylic acids is 2. The molecule has 0 spiro atoms. The van der Waals surface area contributed by atoms with Crippen molar-refractivity contribution >= 4 is 52.2 Å². The molecule has 1 aliphatic heterocycles. The van der Waals surface area contributed by atoms with Crippen molar-refractivity contribution in [2.75, 3.05) is 17.3 Å². The number of furan rings is 1. The molecule has 0 radical (unpaired) electrons. The normalized spacial score (nSPS) is 16.6. The lowest BCUT2D eigenvalue weighted by Gasteiger charge is -2.26. The zero-order chi connectivity index (χ0) is 28.4. The number of rotatable bonds is 7. The summed E-state index contributed by atoms with van der Waals surface area (Å²) in [6.45, 7) is 3.64. The number of nitrogens with zero attached hydrogens (tertiary/aromatic N) is 2. The number of amides is 1.